The zero-order valence-electron chi connectivity index (χ0n) is 17.9. The maximum Gasteiger partial charge on any atom is 0.349 e. The molecular formula is C26H23N3O3. The van der Waals surface area contributed by atoms with Crippen LogP contribution in [0.2, 0.25) is 0 Å². The Hall–Kier alpha value is -4.06. The Labute approximate surface area is 185 Å². The molecule has 3 aromatic carbocycles. The third-order valence-corrected chi connectivity index (χ3v) is 5.80. The van der Waals surface area contributed by atoms with Crippen LogP contribution in [0.3, 0.4) is 0 Å². The maximum absolute atomic E-state index is 12.8. The van der Waals surface area contributed by atoms with Gasteiger partial charge >= 0.3 is 5.63 Å². The van der Waals surface area contributed by atoms with E-state index < -0.39 is 5.63 Å². The highest BCUT2D eigenvalue weighted by atomic mass is 16.4. The van der Waals surface area contributed by atoms with Gasteiger partial charge < -0.3 is 14.4 Å². The summed E-state index contributed by atoms with van der Waals surface area (Å²) in [6.07, 6.45) is 0.465. The van der Waals surface area contributed by atoms with E-state index >= 15 is 0 Å². The second-order valence-electron chi connectivity index (χ2n) is 8.04. The van der Waals surface area contributed by atoms with Crippen LogP contribution in [0.4, 0.5) is 11.4 Å². The van der Waals surface area contributed by atoms with Gasteiger partial charge in [-0.05, 0) is 42.0 Å². The second kappa shape index (κ2) is 7.89. The Bertz CT molecular complexity index is 1360. The minimum atomic E-state index is -0.587. The summed E-state index contributed by atoms with van der Waals surface area (Å²) < 4.78 is 5.49. The van der Waals surface area contributed by atoms with Crippen LogP contribution in [0.25, 0.3) is 11.0 Å². The molecule has 0 bridgehead atoms. The molecule has 1 atom stereocenters. The summed E-state index contributed by atoms with van der Waals surface area (Å²) in [6.45, 7) is 0. The molecule has 6 nitrogen and oxygen atoms in total. The molecule has 0 fully saturated rings. The van der Waals surface area contributed by atoms with Crippen molar-refractivity contribution < 1.29 is 9.52 Å². The molecule has 5 rings (SSSR count). The summed E-state index contributed by atoms with van der Waals surface area (Å²) in [7, 11) is 4.01. The van der Waals surface area contributed by atoms with Crippen LogP contribution in [0, 0.1) is 0 Å². The Morgan fingerprint density at radius 3 is 2.38 bits per heavy atom. The fourth-order valence-corrected chi connectivity index (χ4v) is 4.12. The molecule has 160 valence electrons. The van der Waals surface area contributed by atoms with Crippen molar-refractivity contribution in [3.63, 3.8) is 0 Å². The van der Waals surface area contributed by atoms with Crippen LogP contribution in [-0.2, 0) is 0 Å². The summed E-state index contributed by atoms with van der Waals surface area (Å²) in [4.78, 5) is 14.9. The van der Waals surface area contributed by atoms with Gasteiger partial charge in [0, 0.05) is 26.2 Å². The molecule has 1 aliphatic rings. The molecule has 32 heavy (non-hydrogen) atoms. The Morgan fingerprint density at radius 1 is 0.969 bits per heavy atom. The monoisotopic (exact) mass is 425 g/mol. The molecule has 1 N–H and O–H groups in total. The molecule has 0 aliphatic carbocycles. The summed E-state index contributed by atoms with van der Waals surface area (Å²) >= 11 is 0. The maximum atomic E-state index is 12.8. The molecule has 2 heterocycles. The average molecular weight is 425 g/mol. The summed E-state index contributed by atoms with van der Waals surface area (Å²) in [5, 5.41) is 18.1. The normalized spacial score (nSPS) is 15.8. The molecule has 0 radical (unpaired) electrons. The first-order valence-electron chi connectivity index (χ1n) is 10.5. The standard InChI is InChI=1S/C26H23N3O3/c1-28(2)18-14-12-17(13-15-18)22-16-21(27-29(22)19-8-4-3-5-9-19)24-25(30)20-10-6-7-11-23(20)32-26(24)31/h3-15,22,30H,16H2,1-2H3/t22-/m1/s1. The predicted octanol–water partition coefficient (Wildman–Crippen LogP) is 4.92. The molecule has 0 spiro atoms. The highest BCUT2D eigenvalue weighted by Gasteiger charge is 2.33. The van der Waals surface area contributed by atoms with Crippen molar-refractivity contribution in [1.82, 2.24) is 0 Å². The van der Waals surface area contributed by atoms with Crippen LogP contribution in [0.5, 0.6) is 5.75 Å². The van der Waals surface area contributed by atoms with E-state index in [1.54, 1.807) is 24.3 Å². The van der Waals surface area contributed by atoms with E-state index in [0.29, 0.717) is 23.1 Å². The number of hydrazone groups is 1. The molecule has 0 amide bonds. The first kappa shape index (κ1) is 19.9. The van der Waals surface area contributed by atoms with Crippen molar-refractivity contribution in [1.29, 1.82) is 0 Å². The molecule has 0 saturated heterocycles. The summed E-state index contributed by atoms with van der Waals surface area (Å²) in [6, 6.07) is 25.0. The second-order valence-corrected chi connectivity index (χ2v) is 8.04. The lowest BCUT2D eigenvalue weighted by atomic mass is 9.97. The quantitative estimate of drug-likeness (QED) is 0.470. The van der Waals surface area contributed by atoms with Crippen molar-refractivity contribution in [2.75, 3.05) is 24.0 Å². The van der Waals surface area contributed by atoms with E-state index in [1.165, 1.54) is 0 Å². The number of anilines is 2. The first-order valence-corrected chi connectivity index (χ1v) is 10.5. The van der Waals surface area contributed by atoms with E-state index in [-0.39, 0.29) is 17.4 Å². The number of aromatic hydroxyl groups is 1. The zero-order valence-corrected chi connectivity index (χ0v) is 17.9. The van der Waals surface area contributed by atoms with E-state index in [0.717, 1.165) is 16.9 Å². The molecule has 0 unspecified atom stereocenters. The lowest BCUT2D eigenvalue weighted by molar-refractivity contribution is 0.466. The third-order valence-electron chi connectivity index (χ3n) is 5.80. The van der Waals surface area contributed by atoms with Gasteiger partial charge in [0.15, 0.2) is 0 Å². The SMILES string of the molecule is CN(C)c1ccc([C@H]2CC(c3c(O)c4ccccc4oc3=O)=NN2c2ccccc2)cc1. The third kappa shape index (κ3) is 3.39. The zero-order chi connectivity index (χ0) is 22.2. The van der Waals surface area contributed by atoms with Gasteiger partial charge in [0.05, 0.1) is 22.8 Å². The Kier molecular flexibility index (Phi) is 4.90. The van der Waals surface area contributed by atoms with Gasteiger partial charge in [-0.15, -0.1) is 0 Å². The first-order chi connectivity index (χ1) is 15.5. The van der Waals surface area contributed by atoms with Gasteiger partial charge in [-0.2, -0.15) is 5.10 Å². The number of fused-ring (bicyclic) bond motifs is 1. The van der Waals surface area contributed by atoms with Gasteiger partial charge in [0.25, 0.3) is 0 Å². The molecule has 6 heteroatoms. The molecule has 0 saturated carbocycles. The largest absolute Gasteiger partial charge is 0.506 e. The van der Waals surface area contributed by atoms with E-state index in [4.69, 9.17) is 9.52 Å². The fraction of sp³-hybridized carbons (Fsp3) is 0.154. The predicted molar refractivity (Wildman–Crippen MR) is 128 cm³/mol. The minimum absolute atomic E-state index is 0.0905. The smallest absolute Gasteiger partial charge is 0.349 e. The van der Waals surface area contributed by atoms with Crippen LogP contribution in [-0.4, -0.2) is 24.9 Å². The average Bonchev–Trinajstić information content (AvgIpc) is 3.24. The molecule has 1 aliphatic heterocycles. The lowest BCUT2D eigenvalue weighted by Gasteiger charge is -2.24. The van der Waals surface area contributed by atoms with Gasteiger partial charge in [-0.25, -0.2) is 4.79 Å². The van der Waals surface area contributed by atoms with Gasteiger partial charge in [0.1, 0.15) is 16.9 Å². The number of rotatable bonds is 4. The fourth-order valence-electron chi connectivity index (χ4n) is 4.12. The van der Waals surface area contributed by atoms with Crippen LogP contribution in [0.1, 0.15) is 23.6 Å². The van der Waals surface area contributed by atoms with Crippen molar-refractivity contribution in [2.45, 2.75) is 12.5 Å². The van der Waals surface area contributed by atoms with Crippen LogP contribution < -0.4 is 15.5 Å². The number of para-hydroxylation sites is 2. The topological polar surface area (TPSA) is 69.3 Å². The number of nitrogens with zero attached hydrogens (tertiary/aromatic N) is 3. The van der Waals surface area contributed by atoms with Gasteiger partial charge in [-0.1, -0.05) is 42.5 Å². The molecule has 1 aromatic heterocycles. The van der Waals surface area contributed by atoms with Crippen molar-refractivity contribution in [3.8, 4) is 5.75 Å². The Morgan fingerprint density at radius 2 is 1.66 bits per heavy atom. The number of hydrogen-bond acceptors (Lipinski definition) is 6. The molecular weight excluding hydrogens is 402 g/mol. The highest BCUT2D eigenvalue weighted by molar-refractivity contribution is 6.08. The van der Waals surface area contributed by atoms with Crippen LogP contribution in [0.15, 0.2) is 93.2 Å². The van der Waals surface area contributed by atoms with E-state index in [9.17, 15) is 9.90 Å². The van der Waals surface area contributed by atoms with Gasteiger partial charge in [0.2, 0.25) is 0 Å². The van der Waals surface area contributed by atoms with Crippen molar-refractivity contribution >= 4 is 28.1 Å². The van der Waals surface area contributed by atoms with Crippen molar-refractivity contribution in [3.05, 3.63) is 100 Å². The van der Waals surface area contributed by atoms with Crippen molar-refractivity contribution in [2.24, 2.45) is 5.10 Å². The summed E-state index contributed by atoms with van der Waals surface area (Å²) in [5.41, 5.74) is 3.48. The number of benzene rings is 3. The van der Waals surface area contributed by atoms with Crippen LogP contribution >= 0.6 is 0 Å². The molecule has 4 aromatic rings. The van der Waals surface area contributed by atoms with Gasteiger partial charge in [-0.3, -0.25) is 5.01 Å². The highest BCUT2D eigenvalue weighted by Crippen LogP contribution is 2.38. The lowest BCUT2D eigenvalue weighted by Crippen LogP contribution is -2.18. The van der Waals surface area contributed by atoms with E-state index in [2.05, 4.69) is 24.3 Å². The number of hydrogen-bond donors (Lipinski definition) is 1. The Balaban J connectivity index is 1.62. The van der Waals surface area contributed by atoms with E-state index in [1.807, 2.05) is 54.3 Å². The summed E-state index contributed by atoms with van der Waals surface area (Å²) in [5.74, 6) is -0.0905. The minimum Gasteiger partial charge on any atom is -0.506 e.